The lowest BCUT2D eigenvalue weighted by atomic mass is 10.1. The predicted molar refractivity (Wildman–Crippen MR) is 171 cm³/mol. The maximum absolute atomic E-state index is 13.9. The summed E-state index contributed by atoms with van der Waals surface area (Å²) in [6.07, 6.45) is 0.310. The Hall–Kier alpha value is -3.28. The molecule has 0 N–H and O–H groups in total. The van der Waals surface area contributed by atoms with Crippen LogP contribution in [0.15, 0.2) is 60.7 Å². The Kier molecular flexibility index (Phi) is 10.5. The molecule has 10 nitrogen and oxygen atoms in total. The van der Waals surface area contributed by atoms with Crippen LogP contribution in [0.25, 0.3) is 0 Å². The molecule has 0 aliphatic carbocycles. The molecule has 242 valence electrons. The monoisotopic (exact) mass is 629 g/mol. The first-order valence-corrected chi connectivity index (χ1v) is 17.0. The molecule has 0 radical (unpaired) electrons. The molecule has 2 amide bonds. The van der Waals surface area contributed by atoms with Crippen LogP contribution in [0.4, 0.5) is 9.59 Å². The summed E-state index contributed by atoms with van der Waals surface area (Å²) >= 11 is 0. The van der Waals surface area contributed by atoms with E-state index in [9.17, 15) is 14.4 Å². The van der Waals surface area contributed by atoms with Crippen LogP contribution in [0.5, 0.6) is 0 Å². The predicted octanol–water partition coefficient (Wildman–Crippen LogP) is 5.75. The molecule has 2 heterocycles. The topological polar surface area (TPSA) is 97.9 Å². The van der Waals surface area contributed by atoms with Gasteiger partial charge in [0.25, 0.3) is 0 Å². The second kappa shape index (κ2) is 13.8. The average molecular weight is 630 g/mol. The highest BCUT2D eigenvalue weighted by molar-refractivity contribution is 8.29. The zero-order valence-electron chi connectivity index (χ0n) is 27.0. The van der Waals surface area contributed by atoms with Crippen LogP contribution in [0.1, 0.15) is 52.7 Å². The standard InChI is InChI=1S/C33H47N3O7S/c1-32(2,3)42-31(39)36-28(29(37)40-23-25-14-10-8-11-15-25)27(43-44(36,7)33(4,5)6)22-34-18-20-35(21-19-34)30(38)41-24-26-16-12-9-13-17-26/h8-17,27-28H,18-24H2,1-7H3. The van der Waals surface area contributed by atoms with Crippen molar-refractivity contribution in [3.05, 3.63) is 71.8 Å². The van der Waals surface area contributed by atoms with Crippen molar-refractivity contribution >= 4 is 28.7 Å². The van der Waals surface area contributed by atoms with E-state index in [4.69, 9.17) is 18.4 Å². The number of carbonyl (C=O) groups excluding carboxylic acids is 3. The van der Waals surface area contributed by atoms with Crippen molar-refractivity contribution in [2.45, 2.75) is 77.3 Å². The van der Waals surface area contributed by atoms with Gasteiger partial charge in [0.15, 0.2) is 6.04 Å². The van der Waals surface area contributed by atoms with E-state index in [-0.39, 0.29) is 19.3 Å². The summed E-state index contributed by atoms with van der Waals surface area (Å²) in [6.45, 7) is 14.2. The number of esters is 1. The number of benzene rings is 2. The Labute approximate surface area is 263 Å². The fraction of sp³-hybridized carbons (Fsp3) is 0.545. The van der Waals surface area contributed by atoms with Crippen LogP contribution in [-0.4, -0.2) is 93.7 Å². The van der Waals surface area contributed by atoms with Crippen molar-refractivity contribution in [1.82, 2.24) is 14.1 Å². The number of ether oxygens (including phenoxy) is 3. The molecule has 0 saturated carbocycles. The SMILES string of the molecule is CC(C)(C)OC(=O)N1C(C(=O)OCc2ccccc2)C(CN2CCN(C(=O)OCc3ccccc3)CC2)OS1(C)C(C)(C)C. The second-order valence-corrected chi connectivity index (χ2v) is 16.6. The van der Waals surface area contributed by atoms with Crippen LogP contribution < -0.4 is 0 Å². The smallest absolute Gasteiger partial charge is 0.421 e. The molecule has 44 heavy (non-hydrogen) atoms. The van der Waals surface area contributed by atoms with Gasteiger partial charge in [0.2, 0.25) is 0 Å². The van der Waals surface area contributed by atoms with Crippen molar-refractivity contribution in [1.29, 1.82) is 0 Å². The molecule has 2 aromatic carbocycles. The molecule has 11 heteroatoms. The van der Waals surface area contributed by atoms with Crippen LogP contribution in [0.2, 0.25) is 0 Å². The third-order valence-corrected chi connectivity index (χ3v) is 11.8. The highest BCUT2D eigenvalue weighted by Gasteiger charge is 2.59. The van der Waals surface area contributed by atoms with E-state index >= 15 is 0 Å². The van der Waals surface area contributed by atoms with Gasteiger partial charge in [0, 0.05) is 43.7 Å². The first-order chi connectivity index (χ1) is 20.7. The van der Waals surface area contributed by atoms with E-state index in [1.807, 2.05) is 87.7 Å². The van der Waals surface area contributed by atoms with Crippen molar-refractivity contribution in [2.75, 3.05) is 39.0 Å². The minimum atomic E-state index is -2.32. The fourth-order valence-electron chi connectivity index (χ4n) is 5.08. The molecule has 2 aromatic rings. The van der Waals surface area contributed by atoms with E-state index in [0.717, 1.165) is 11.1 Å². The maximum atomic E-state index is 13.9. The number of piperazine rings is 1. The average Bonchev–Trinajstić information content (AvgIpc) is 3.28. The van der Waals surface area contributed by atoms with E-state index in [1.54, 1.807) is 25.7 Å². The summed E-state index contributed by atoms with van der Waals surface area (Å²) < 4.78 is 25.0. The van der Waals surface area contributed by atoms with Gasteiger partial charge in [0.05, 0.1) is 0 Å². The van der Waals surface area contributed by atoms with Gasteiger partial charge in [-0.3, -0.25) is 4.90 Å². The van der Waals surface area contributed by atoms with Crippen LogP contribution in [-0.2, 0) is 36.4 Å². The lowest BCUT2D eigenvalue weighted by molar-refractivity contribution is -0.151. The lowest BCUT2D eigenvalue weighted by Gasteiger charge is -2.49. The van der Waals surface area contributed by atoms with Gasteiger partial charge in [-0.1, -0.05) is 71.2 Å². The molecule has 0 spiro atoms. The Morgan fingerprint density at radius 1 is 0.795 bits per heavy atom. The minimum Gasteiger partial charge on any atom is -0.459 e. The second-order valence-electron chi connectivity index (χ2n) is 13.2. The number of hydrogen-bond donors (Lipinski definition) is 0. The summed E-state index contributed by atoms with van der Waals surface area (Å²) in [7, 11) is -2.32. The van der Waals surface area contributed by atoms with Crippen molar-refractivity contribution in [2.24, 2.45) is 0 Å². The molecule has 2 aliphatic rings. The number of amides is 2. The van der Waals surface area contributed by atoms with Gasteiger partial charge >= 0.3 is 18.2 Å². The maximum Gasteiger partial charge on any atom is 0.421 e. The van der Waals surface area contributed by atoms with Crippen LogP contribution >= 0.6 is 10.5 Å². The molecule has 0 bridgehead atoms. The summed E-state index contributed by atoms with van der Waals surface area (Å²) in [6, 6.07) is 18.0. The number of hydrogen-bond acceptors (Lipinski definition) is 8. The first kappa shape index (κ1) is 33.6. The summed E-state index contributed by atoms with van der Waals surface area (Å²) in [5.41, 5.74) is 1.01. The molecule has 2 fully saturated rings. The molecule has 2 saturated heterocycles. The van der Waals surface area contributed by atoms with Crippen molar-refractivity contribution in [3.63, 3.8) is 0 Å². The Morgan fingerprint density at radius 3 is 1.82 bits per heavy atom. The zero-order chi connectivity index (χ0) is 32.1. The molecule has 4 rings (SSSR count). The quantitative estimate of drug-likeness (QED) is 0.282. The van der Waals surface area contributed by atoms with Crippen LogP contribution in [0, 0.1) is 0 Å². The summed E-state index contributed by atoms with van der Waals surface area (Å²) in [4.78, 5) is 44.2. The molecule has 0 aromatic heterocycles. The number of nitrogens with zero attached hydrogens (tertiary/aromatic N) is 3. The molecule has 3 atom stereocenters. The van der Waals surface area contributed by atoms with E-state index in [0.29, 0.717) is 32.7 Å². The van der Waals surface area contributed by atoms with Gasteiger partial charge in [0.1, 0.15) is 24.9 Å². The molecular weight excluding hydrogens is 582 g/mol. The highest BCUT2D eigenvalue weighted by atomic mass is 32.3. The summed E-state index contributed by atoms with van der Waals surface area (Å²) in [5.74, 6) is -0.534. The largest absolute Gasteiger partial charge is 0.459 e. The highest BCUT2D eigenvalue weighted by Crippen LogP contribution is 2.66. The Bertz CT molecular complexity index is 1270. The third-order valence-electron chi connectivity index (χ3n) is 7.74. The normalized spacial score (nSPS) is 24.3. The fourth-order valence-corrected chi connectivity index (χ4v) is 7.68. The van der Waals surface area contributed by atoms with Gasteiger partial charge in [-0.15, -0.1) is 0 Å². The Morgan fingerprint density at radius 2 is 1.32 bits per heavy atom. The van der Waals surface area contributed by atoms with Crippen molar-refractivity contribution < 1.29 is 32.8 Å². The number of carbonyl (C=O) groups is 3. The first-order valence-electron chi connectivity index (χ1n) is 15.0. The Balaban J connectivity index is 1.49. The van der Waals surface area contributed by atoms with Gasteiger partial charge in [-0.25, -0.2) is 18.7 Å². The van der Waals surface area contributed by atoms with Gasteiger partial charge in [-0.05, 0) is 52.7 Å². The lowest BCUT2D eigenvalue weighted by Crippen LogP contribution is -2.54. The van der Waals surface area contributed by atoms with Crippen LogP contribution in [0.3, 0.4) is 0 Å². The van der Waals surface area contributed by atoms with E-state index in [2.05, 4.69) is 4.90 Å². The summed E-state index contributed by atoms with van der Waals surface area (Å²) in [5, 5.41) is 0. The molecule has 3 unspecified atom stereocenters. The van der Waals surface area contributed by atoms with Gasteiger partial charge in [-0.2, -0.15) is 0 Å². The zero-order valence-corrected chi connectivity index (χ0v) is 27.8. The third kappa shape index (κ3) is 8.25. The van der Waals surface area contributed by atoms with E-state index < -0.39 is 45.1 Å². The van der Waals surface area contributed by atoms with Crippen molar-refractivity contribution in [3.8, 4) is 0 Å². The van der Waals surface area contributed by atoms with E-state index in [1.165, 1.54) is 4.31 Å². The molecule has 2 aliphatic heterocycles. The number of rotatable bonds is 7. The van der Waals surface area contributed by atoms with Gasteiger partial charge < -0.3 is 23.3 Å². The molecular formula is C33H47N3O7S. The minimum absolute atomic E-state index is 0.0797.